The van der Waals surface area contributed by atoms with Gasteiger partial charge in [-0.2, -0.15) is 0 Å². The average molecular weight is 334 g/mol. The van der Waals surface area contributed by atoms with Crippen LogP contribution in [0.15, 0.2) is 21.1 Å². The minimum absolute atomic E-state index is 0.0249. The number of hydrogen-bond donors (Lipinski definition) is 2. The molecule has 2 N–H and O–H groups in total. The van der Waals surface area contributed by atoms with Gasteiger partial charge in [0.05, 0.1) is 17.3 Å². The lowest BCUT2D eigenvalue weighted by Crippen LogP contribution is -2.22. The largest absolute Gasteiger partial charge is 0.382 e. The Hall–Kier alpha value is -0.550. The fraction of sp³-hybridized carbons (Fsp3) is 0.300. The molecule has 2 rings (SSSR count). The van der Waals surface area contributed by atoms with Gasteiger partial charge in [0, 0.05) is 15.5 Å². The Labute approximate surface area is 105 Å². The summed E-state index contributed by atoms with van der Waals surface area (Å²) >= 11 is 6.86. The third kappa shape index (κ3) is 2.18. The van der Waals surface area contributed by atoms with Gasteiger partial charge in [-0.25, -0.2) is 0 Å². The summed E-state index contributed by atoms with van der Waals surface area (Å²) in [4.78, 5) is 11.6. The fourth-order valence-electron chi connectivity index (χ4n) is 1.46. The molecule has 0 bridgehead atoms. The Morgan fingerprint density at radius 2 is 2.13 bits per heavy atom. The minimum Gasteiger partial charge on any atom is -0.382 e. The first-order chi connectivity index (χ1) is 7.08. The molecule has 1 heterocycles. The summed E-state index contributed by atoms with van der Waals surface area (Å²) in [6, 6.07) is 3.84. The van der Waals surface area contributed by atoms with Crippen LogP contribution in [-0.2, 0) is 4.79 Å². The molecule has 1 aromatic carbocycles. The molecule has 0 fully saturated rings. The standard InChI is InChI=1S/C10H10Br2N2O/c1-5-4-13-9-7(12)2-6(11)3-8(9)14-10(5)15/h2-3,5,13H,4H2,1H3,(H,14,15)/t5-/m1/s1. The van der Waals surface area contributed by atoms with Crippen LogP contribution in [0.4, 0.5) is 11.4 Å². The molecule has 1 aromatic rings. The van der Waals surface area contributed by atoms with Crippen molar-refractivity contribution in [3.8, 4) is 0 Å². The topological polar surface area (TPSA) is 41.1 Å². The summed E-state index contributed by atoms with van der Waals surface area (Å²) in [6.07, 6.45) is 0. The van der Waals surface area contributed by atoms with Crippen molar-refractivity contribution in [1.29, 1.82) is 0 Å². The monoisotopic (exact) mass is 332 g/mol. The van der Waals surface area contributed by atoms with Crippen molar-refractivity contribution in [2.75, 3.05) is 17.2 Å². The molecular formula is C10H10Br2N2O. The van der Waals surface area contributed by atoms with E-state index in [1.807, 2.05) is 19.1 Å². The number of nitrogens with one attached hydrogen (secondary N) is 2. The Balaban J connectivity index is 2.47. The van der Waals surface area contributed by atoms with Crippen LogP contribution in [0.1, 0.15) is 6.92 Å². The lowest BCUT2D eigenvalue weighted by molar-refractivity contribution is -0.118. The maximum absolute atomic E-state index is 11.6. The Morgan fingerprint density at radius 1 is 1.40 bits per heavy atom. The lowest BCUT2D eigenvalue weighted by Gasteiger charge is -2.10. The van der Waals surface area contributed by atoms with E-state index < -0.39 is 0 Å². The van der Waals surface area contributed by atoms with E-state index in [9.17, 15) is 4.79 Å². The van der Waals surface area contributed by atoms with Crippen molar-refractivity contribution < 1.29 is 4.79 Å². The molecule has 0 unspecified atom stereocenters. The first-order valence-electron chi connectivity index (χ1n) is 4.61. The number of anilines is 2. The van der Waals surface area contributed by atoms with Crippen molar-refractivity contribution in [3.63, 3.8) is 0 Å². The zero-order valence-corrected chi connectivity index (χ0v) is 11.3. The highest BCUT2D eigenvalue weighted by Gasteiger charge is 2.20. The molecule has 1 aliphatic heterocycles. The second-order valence-electron chi connectivity index (χ2n) is 3.58. The molecule has 1 atom stereocenters. The minimum atomic E-state index is -0.0249. The van der Waals surface area contributed by atoms with E-state index in [2.05, 4.69) is 42.5 Å². The summed E-state index contributed by atoms with van der Waals surface area (Å²) < 4.78 is 1.88. The molecule has 0 radical (unpaired) electrons. The molecule has 0 aromatic heterocycles. The second kappa shape index (κ2) is 4.14. The smallest absolute Gasteiger partial charge is 0.229 e. The van der Waals surface area contributed by atoms with Crippen LogP contribution in [0.3, 0.4) is 0 Å². The van der Waals surface area contributed by atoms with Gasteiger partial charge in [0.2, 0.25) is 5.91 Å². The van der Waals surface area contributed by atoms with E-state index in [1.165, 1.54) is 0 Å². The lowest BCUT2D eigenvalue weighted by atomic mass is 10.2. The van der Waals surface area contributed by atoms with E-state index in [1.54, 1.807) is 0 Å². The van der Waals surface area contributed by atoms with Gasteiger partial charge in [-0.1, -0.05) is 22.9 Å². The molecular weight excluding hydrogens is 324 g/mol. The average Bonchev–Trinajstić information content (AvgIpc) is 2.27. The van der Waals surface area contributed by atoms with Gasteiger partial charge in [0.1, 0.15) is 0 Å². The highest BCUT2D eigenvalue weighted by atomic mass is 79.9. The van der Waals surface area contributed by atoms with E-state index >= 15 is 0 Å². The van der Waals surface area contributed by atoms with Crippen molar-refractivity contribution in [2.45, 2.75) is 6.92 Å². The normalized spacial score (nSPS) is 19.9. The highest BCUT2D eigenvalue weighted by Crippen LogP contribution is 2.36. The van der Waals surface area contributed by atoms with Crippen LogP contribution in [0.25, 0.3) is 0 Å². The predicted octanol–water partition coefficient (Wildman–Crippen LogP) is 3.21. The van der Waals surface area contributed by atoms with E-state index in [4.69, 9.17) is 0 Å². The zero-order chi connectivity index (χ0) is 11.0. The second-order valence-corrected chi connectivity index (χ2v) is 5.35. The van der Waals surface area contributed by atoms with Crippen LogP contribution in [0, 0.1) is 5.92 Å². The summed E-state index contributed by atoms with van der Waals surface area (Å²) in [7, 11) is 0. The molecule has 0 saturated carbocycles. The number of carbonyl (C=O) groups is 1. The van der Waals surface area contributed by atoms with Crippen LogP contribution >= 0.6 is 31.9 Å². The van der Waals surface area contributed by atoms with Crippen molar-refractivity contribution in [3.05, 3.63) is 21.1 Å². The number of halogens is 2. The summed E-state index contributed by atoms with van der Waals surface area (Å²) in [5.74, 6) is 0.0225. The summed E-state index contributed by atoms with van der Waals surface area (Å²) in [5, 5.41) is 6.14. The van der Waals surface area contributed by atoms with Gasteiger partial charge in [-0.3, -0.25) is 4.79 Å². The van der Waals surface area contributed by atoms with Crippen LogP contribution in [0.5, 0.6) is 0 Å². The third-order valence-electron chi connectivity index (χ3n) is 2.35. The van der Waals surface area contributed by atoms with E-state index in [0.29, 0.717) is 6.54 Å². The van der Waals surface area contributed by atoms with Gasteiger partial charge >= 0.3 is 0 Å². The van der Waals surface area contributed by atoms with Gasteiger partial charge in [0.15, 0.2) is 0 Å². The molecule has 3 nitrogen and oxygen atoms in total. The first kappa shape index (κ1) is 11.0. The van der Waals surface area contributed by atoms with Gasteiger partial charge in [0.25, 0.3) is 0 Å². The quantitative estimate of drug-likeness (QED) is 0.765. The van der Waals surface area contributed by atoms with E-state index in [0.717, 1.165) is 20.3 Å². The number of rotatable bonds is 0. The molecule has 15 heavy (non-hydrogen) atoms. The Morgan fingerprint density at radius 3 is 2.87 bits per heavy atom. The first-order valence-corrected chi connectivity index (χ1v) is 6.20. The molecule has 1 amide bonds. The van der Waals surface area contributed by atoms with Crippen LogP contribution in [0.2, 0.25) is 0 Å². The number of benzene rings is 1. The molecule has 0 spiro atoms. The van der Waals surface area contributed by atoms with Crippen molar-refractivity contribution >= 4 is 49.1 Å². The zero-order valence-electron chi connectivity index (χ0n) is 8.10. The maximum Gasteiger partial charge on any atom is 0.229 e. The van der Waals surface area contributed by atoms with Gasteiger partial charge in [-0.05, 0) is 28.1 Å². The van der Waals surface area contributed by atoms with Crippen molar-refractivity contribution in [2.24, 2.45) is 5.92 Å². The third-order valence-corrected chi connectivity index (χ3v) is 3.43. The molecule has 0 aliphatic carbocycles. The van der Waals surface area contributed by atoms with Gasteiger partial charge < -0.3 is 10.6 Å². The summed E-state index contributed by atoms with van der Waals surface area (Å²) in [6.45, 7) is 2.55. The Bertz CT molecular complexity index is 420. The molecule has 80 valence electrons. The van der Waals surface area contributed by atoms with E-state index in [-0.39, 0.29) is 11.8 Å². The number of hydrogen-bond acceptors (Lipinski definition) is 2. The SMILES string of the molecule is C[C@@H]1CNc2c(Br)cc(Br)cc2NC1=O. The molecule has 1 aliphatic rings. The van der Waals surface area contributed by atoms with Gasteiger partial charge in [-0.15, -0.1) is 0 Å². The Kier molecular flexibility index (Phi) is 3.02. The number of fused-ring (bicyclic) bond motifs is 1. The molecule has 0 saturated heterocycles. The maximum atomic E-state index is 11.6. The highest BCUT2D eigenvalue weighted by molar-refractivity contribution is 9.11. The van der Waals surface area contributed by atoms with Crippen molar-refractivity contribution in [1.82, 2.24) is 0 Å². The van der Waals surface area contributed by atoms with Crippen LogP contribution < -0.4 is 10.6 Å². The number of amides is 1. The number of carbonyl (C=O) groups excluding carboxylic acids is 1. The summed E-state index contributed by atoms with van der Waals surface area (Å²) in [5.41, 5.74) is 1.75. The predicted molar refractivity (Wildman–Crippen MR) is 68.1 cm³/mol. The molecule has 5 heteroatoms. The van der Waals surface area contributed by atoms with Crippen LogP contribution in [-0.4, -0.2) is 12.5 Å². The fourth-order valence-corrected chi connectivity index (χ4v) is 2.82.